The molecule has 0 radical (unpaired) electrons. The van der Waals surface area contributed by atoms with Crippen LogP contribution in [0.2, 0.25) is 0 Å². The van der Waals surface area contributed by atoms with Crippen molar-refractivity contribution in [3.63, 3.8) is 0 Å². The monoisotopic (exact) mass is 254 g/mol. The third-order valence-electron chi connectivity index (χ3n) is 4.18. The van der Waals surface area contributed by atoms with Gasteiger partial charge in [-0.3, -0.25) is 14.5 Å². The van der Waals surface area contributed by atoms with Crippen molar-refractivity contribution in [3.05, 3.63) is 0 Å². The first-order valence-electron chi connectivity index (χ1n) is 6.75. The first-order chi connectivity index (χ1) is 8.50. The molecule has 1 N–H and O–H groups in total. The number of aliphatic carboxylic acids is 1. The predicted molar refractivity (Wildman–Crippen MR) is 67.2 cm³/mol. The van der Waals surface area contributed by atoms with E-state index in [1.54, 1.807) is 0 Å². The number of piperazine rings is 1. The molecule has 18 heavy (non-hydrogen) atoms. The normalized spacial score (nSPS) is 31.0. The van der Waals surface area contributed by atoms with E-state index >= 15 is 0 Å². The van der Waals surface area contributed by atoms with Crippen LogP contribution in [0.3, 0.4) is 0 Å². The maximum Gasteiger partial charge on any atom is 0.305 e. The summed E-state index contributed by atoms with van der Waals surface area (Å²) in [5.41, 5.74) is 0. The van der Waals surface area contributed by atoms with Crippen molar-refractivity contribution < 1.29 is 14.7 Å². The van der Waals surface area contributed by atoms with Crippen molar-refractivity contribution in [1.29, 1.82) is 0 Å². The number of carbonyl (C=O) groups excluding carboxylic acids is 1. The molecule has 1 amide bonds. The van der Waals surface area contributed by atoms with Crippen LogP contribution in [-0.2, 0) is 9.59 Å². The molecule has 2 rings (SSSR count). The molecule has 1 aliphatic heterocycles. The average molecular weight is 254 g/mol. The molecule has 2 unspecified atom stereocenters. The number of likely N-dealkylation sites (N-methyl/N-ethyl adjacent to an activating group) is 1. The molecule has 102 valence electrons. The van der Waals surface area contributed by atoms with E-state index < -0.39 is 12.0 Å². The van der Waals surface area contributed by atoms with Crippen LogP contribution in [0.1, 0.15) is 39.0 Å². The fourth-order valence-corrected chi connectivity index (χ4v) is 3.34. The van der Waals surface area contributed by atoms with Crippen molar-refractivity contribution in [2.24, 2.45) is 0 Å². The molecular weight excluding hydrogens is 232 g/mol. The molecule has 1 saturated carbocycles. The first-order valence-corrected chi connectivity index (χ1v) is 6.75. The highest BCUT2D eigenvalue weighted by Crippen LogP contribution is 2.29. The summed E-state index contributed by atoms with van der Waals surface area (Å²) in [6, 6.07) is 0.0347. The quantitative estimate of drug-likeness (QED) is 0.814. The van der Waals surface area contributed by atoms with E-state index in [-0.39, 0.29) is 18.4 Å². The lowest BCUT2D eigenvalue weighted by atomic mass is 10.0. The SMILES string of the molecule is CC1CN(C)C(CC(=O)O)C(=O)N1C1CCCC1. The number of carboxylic acid groups (broad SMARTS) is 1. The van der Waals surface area contributed by atoms with Gasteiger partial charge in [0.05, 0.1) is 12.5 Å². The summed E-state index contributed by atoms with van der Waals surface area (Å²) < 4.78 is 0. The molecule has 0 spiro atoms. The van der Waals surface area contributed by atoms with Crippen LogP contribution >= 0.6 is 0 Å². The Balaban J connectivity index is 2.13. The Bertz CT molecular complexity index is 339. The first kappa shape index (κ1) is 13.3. The molecule has 0 aromatic rings. The summed E-state index contributed by atoms with van der Waals surface area (Å²) in [6.07, 6.45) is 4.41. The molecule has 5 heteroatoms. The van der Waals surface area contributed by atoms with Crippen molar-refractivity contribution in [2.75, 3.05) is 13.6 Å². The second kappa shape index (κ2) is 5.26. The zero-order chi connectivity index (χ0) is 13.3. The molecule has 1 saturated heterocycles. The second-order valence-electron chi connectivity index (χ2n) is 5.59. The van der Waals surface area contributed by atoms with Crippen molar-refractivity contribution >= 4 is 11.9 Å². The zero-order valence-corrected chi connectivity index (χ0v) is 11.1. The fourth-order valence-electron chi connectivity index (χ4n) is 3.34. The van der Waals surface area contributed by atoms with Gasteiger partial charge in [-0.05, 0) is 26.8 Å². The minimum absolute atomic E-state index is 0.00514. The summed E-state index contributed by atoms with van der Waals surface area (Å²) in [7, 11) is 1.84. The maximum atomic E-state index is 12.5. The van der Waals surface area contributed by atoms with Gasteiger partial charge in [-0.1, -0.05) is 12.8 Å². The molecule has 0 aromatic heterocycles. The van der Waals surface area contributed by atoms with E-state index in [4.69, 9.17) is 5.11 Å². The Kier molecular flexibility index (Phi) is 3.90. The van der Waals surface area contributed by atoms with E-state index in [1.165, 1.54) is 12.8 Å². The number of rotatable bonds is 3. The molecule has 2 fully saturated rings. The summed E-state index contributed by atoms with van der Waals surface area (Å²) in [5.74, 6) is -0.897. The predicted octanol–water partition coefficient (Wildman–Crippen LogP) is 0.935. The molecule has 2 aliphatic rings. The van der Waals surface area contributed by atoms with Gasteiger partial charge >= 0.3 is 5.97 Å². The van der Waals surface area contributed by atoms with E-state index in [0.29, 0.717) is 6.04 Å². The lowest BCUT2D eigenvalue weighted by molar-refractivity contribution is -0.153. The van der Waals surface area contributed by atoms with Crippen LogP contribution in [0.5, 0.6) is 0 Å². The Labute approximate surface area is 108 Å². The second-order valence-corrected chi connectivity index (χ2v) is 5.59. The highest BCUT2D eigenvalue weighted by atomic mass is 16.4. The van der Waals surface area contributed by atoms with E-state index in [0.717, 1.165) is 19.4 Å². The number of hydrogen-bond donors (Lipinski definition) is 1. The third-order valence-corrected chi connectivity index (χ3v) is 4.18. The van der Waals surface area contributed by atoms with E-state index in [2.05, 4.69) is 6.92 Å². The van der Waals surface area contributed by atoms with Crippen LogP contribution in [0.15, 0.2) is 0 Å². The maximum absolute atomic E-state index is 12.5. The van der Waals surface area contributed by atoms with Crippen LogP contribution in [-0.4, -0.2) is 58.5 Å². The number of carbonyl (C=O) groups is 2. The number of nitrogens with zero attached hydrogens (tertiary/aromatic N) is 2. The smallest absolute Gasteiger partial charge is 0.305 e. The zero-order valence-electron chi connectivity index (χ0n) is 11.1. The van der Waals surface area contributed by atoms with Crippen LogP contribution < -0.4 is 0 Å². The highest BCUT2D eigenvalue weighted by Gasteiger charge is 2.41. The van der Waals surface area contributed by atoms with E-state index in [1.807, 2.05) is 16.8 Å². The van der Waals surface area contributed by atoms with Gasteiger partial charge in [0.25, 0.3) is 0 Å². The minimum Gasteiger partial charge on any atom is -0.481 e. The van der Waals surface area contributed by atoms with Crippen molar-refractivity contribution in [2.45, 2.75) is 57.2 Å². The lowest BCUT2D eigenvalue weighted by Crippen LogP contribution is -2.62. The molecular formula is C13H22N2O3. The standard InChI is InChI=1S/C13H22N2O3/c1-9-8-14(2)11(7-12(16)17)13(18)15(9)10-5-3-4-6-10/h9-11H,3-8H2,1-2H3,(H,16,17). The van der Waals surface area contributed by atoms with E-state index in [9.17, 15) is 9.59 Å². The fraction of sp³-hybridized carbons (Fsp3) is 0.846. The molecule has 2 atom stereocenters. The van der Waals surface area contributed by atoms with Crippen LogP contribution in [0.4, 0.5) is 0 Å². The van der Waals surface area contributed by atoms with Gasteiger partial charge < -0.3 is 10.0 Å². The summed E-state index contributed by atoms with van der Waals surface area (Å²) in [6.45, 7) is 2.82. The van der Waals surface area contributed by atoms with Gasteiger partial charge in [-0.15, -0.1) is 0 Å². The van der Waals surface area contributed by atoms with Gasteiger partial charge in [-0.2, -0.15) is 0 Å². The molecule has 1 aliphatic carbocycles. The highest BCUT2D eigenvalue weighted by molar-refractivity contribution is 5.87. The van der Waals surface area contributed by atoms with Crippen molar-refractivity contribution in [1.82, 2.24) is 9.80 Å². The topological polar surface area (TPSA) is 60.9 Å². The Morgan fingerprint density at radius 1 is 1.39 bits per heavy atom. The van der Waals surface area contributed by atoms with Gasteiger partial charge in [0.15, 0.2) is 0 Å². The molecule has 0 bridgehead atoms. The van der Waals surface area contributed by atoms with Gasteiger partial charge in [0, 0.05) is 18.6 Å². The largest absolute Gasteiger partial charge is 0.481 e. The summed E-state index contributed by atoms with van der Waals surface area (Å²) in [4.78, 5) is 27.2. The Morgan fingerprint density at radius 3 is 2.56 bits per heavy atom. The van der Waals surface area contributed by atoms with Crippen LogP contribution in [0.25, 0.3) is 0 Å². The van der Waals surface area contributed by atoms with Gasteiger partial charge in [0.2, 0.25) is 5.91 Å². The number of hydrogen-bond acceptors (Lipinski definition) is 3. The molecule has 0 aromatic carbocycles. The van der Waals surface area contributed by atoms with Crippen LogP contribution in [0, 0.1) is 0 Å². The lowest BCUT2D eigenvalue weighted by Gasteiger charge is -2.45. The number of amides is 1. The summed E-state index contributed by atoms with van der Waals surface area (Å²) >= 11 is 0. The van der Waals surface area contributed by atoms with Gasteiger partial charge in [0.1, 0.15) is 0 Å². The molecule has 5 nitrogen and oxygen atoms in total. The van der Waals surface area contributed by atoms with Crippen molar-refractivity contribution in [3.8, 4) is 0 Å². The Hall–Kier alpha value is -1.10. The third kappa shape index (κ3) is 2.51. The molecule has 1 heterocycles. The average Bonchev–Trinajstić information content (AvgIpc) is 2.77. The number of carboxylic acids is 1. The minimum atomic E-state index is -0.902. The summed E-state index contributed by atoms with van der Waals surface area (Å²) in [5, 5.41) is 8.92. The Morgan fingerprint density at radius 2 is 2.00 bits per heavy atom. The van der Waals surface area contributed by atoms with Gasteiger partial charge in [-0.25, -0.2) is 0 Å².